The van der Waals surface area contributed by atoms with Crippen LogP contribution in [0.3, 0.4) is 0 Å². The predicted octanol–water partition coefficient (Wildman–Crippen LogP) is 2.79. The number of hydrogen-bond acceptors (Lipinski definition) is 5. The van der Waals surface area contributed by atoms with E-state index in [1.165, 1.54) is 6.33 Å². The van der Waals surface area contributed by atoms with E-state index in [2.05, 4.69) is 15.3 Å². The van der Waals surface area contributed by atoms with Crippen molar-refractivity contribution in [1.82, 2.24) is 9.97 Å². The van der Waals surface area contributed by atoms with Crippen molar-refractivity contribution >= 4 is 28.9 Å². The summed E-state index contributed by atoms with van der Waals surface area (Å²) in [6.45, 7) is 0. The average Bonchev–Trinajstić information content (AvgIpc) is 2.39. The molecule has 0 amide bonds. The average molecular weight is 260 g/mol. The van der Waals surface area contributed by atoms with E-state index in [1.807, 2.05) is 42.4 Å². The van der Waals surface area contributed by atoms with E-state index < -0.39 is 0 Å². The van der Waals surface area contributed by atoms with Gasteiger partial charge in [0.15, 0.2) is 6.19 Å². The van der Waals surface area contributed by atoms with Gasteiger partial charge in [0.05, 0.1) is 0 Å². The molecule has 1 aromatic carbocycles. The number of anilines is 3. The third kappa shape index (κ3) is 2.67. The topological polar surface area (TPSA) is 64.8 Å². The van der Waals surface area contributed by atoms with Crippen molar-refractivity contribution < 1.29 is 0 Å². The molecule has 0 spiro atoms. The molecule has 0 saturated heterocycles. The summed E-state index contributed by atoms with van der Waals surface area (Å²) in [7, 11) is 1.88. The van der Waals surface area contributed by atoms with Gasteiger partial charge >= 0.3 is 0 Å². The SMILES string of the molecule is CN(c1ccc(Cl)cc1)c1cc(NC#N)ncn1. The van der Waals surface area contributed by atoms with Crippen LogP contribution in [0.15, 0.2) is 36.7 Å². The van der Waals surface area contributed by atoms with Gasteiger partial charge in [-0.15, -0.1) is 0 Å². The maximum Gasteiger partial charge on any atom is 0.182 e. The summed E-state index contributed by atoms with van der Waals surface area (Å²) in [5.41, 5.74) is 0.945. The lowest BCUT2D eigenvalue weighted by Gasteiger charge is -2.18. The third-order valence-corrected chi connectivity index (χ3v) is 2.65. The monoisotopic (exact) mass is 259 g/mol. The fourth-order valence-electron chi connectivity index (χ4n) is 1.45. The Morgan fingerprint density at radius 3 is 2.67 bits per heavy atom. The van der Waals surface area contributed by atoms with Crippen LogP contribution in [0.4, 0.5) is 17.3 Å². The van der Waals surface area contributed by atoms with E-state index in [4.69, 9.17) is 16.9 Å². The summed E-state index contributed by atoms with van der Waals surface area (Å²) in [6.07, 6.45) is 3.23. The third-order valence-electron chi connectivity index (χ3n) is 2.39. The van der Waals surface area contributed by atoms with Crippen LogP contribution in [-0.2, 0) is 0 Å². The van der Waals surface area contributed by atoms with Gasteiger partial charge in [-0.05, 0) is 24.3 Å². The Morgan fingerprint density at radius 2 is 2.00 bits per heavy atom. The van der Waals surface area contributed by atoms with Gasteiger partial charge < -0.3 is 4.90 Å². The first-order valence-corrected chi connectivity index (χ1v) is 5.55. The molecule has 0 bridgehead atoms. The van der Waals surface area contributed by atoms with Gasteiger partial charge in [-0.2, -0.15) is 5.26 Å². The van der Waals surface area contributed by atoms with Gasteiger partial charge in [0, 0.05) is 23.8 Å². The maximum absolute atomic E-state index is 8.55. The summed E-state index contributed by atoms with van der Waals surface area (Å²) < 4.78 is 0. The molecule has 0 saturated carbocycles. The molecular formula is C12H10ClN5. The van der Waals surface area contributed by atoms with Crippen LogP contribution in [0.25, 0.3) is 0 Å². The molecule has 0 aliphatic heterocycles. The van der Waals surface area contributed by atoms with E-state index >= 15 is 0 Å². The highest BCUT2D eigenvalue weighted by Gasteiger charge is 2.06. The number of halogens is 1. The van der Waals surface area contributed by atoms with E-state index in [9.17, 15) is 0 Å². The van der Waals surface area contributed by atoms with Crippen molar-refractivity contribution in [1.29, 1.82) is 5.26 Å². The summed E-state index contributed by atoms with van der Waals surface area (Å²) in [5, 5.41) is 11.7. The number of benzene rings is 1. The van der Waals surface area contributed by atoms with Crippen molar-refractivity contribution in [2.24, 2.45) is 0 Å². The quantitative estimate of drug-likeness (QED) is 0.678. The molecule has 2 rings (SSSR count). The molecule has 0 unspecified atom stereocenters. The van der Waals surface area contributed by atoms with Crippen molar-refractivity contribution in [3.8, 4) is 6.19 Å². The lowest BCUT2D eigenvalue weighted by molar-refractivity contribution is 1.08. The van der Waals surface area contributed by atoms with Gasteiger partial charge in [-0.1, -0.05) is 11.6 Å². The first-order chi connectivity index (χ1) is 8.70. The van der Waals surface area contributed by atoms with Crippen molar-refractivity contribution in [3.63, 3.8) is 0 Å². The highest BCUT2D eigenvalue weighted by atomic mass is 35.5. The molecule has 5 nitrogen and oxygen atoms in total. The zero-order valence-corrected chi connectivity index (χ0v) is 10.4. The van der Waals surface area contributed by atoms with Crippen LogP contribution in [0.2, 0.25) is 5.02 Å². The molecule has 6 heteroatoms. The lowest BCUT2D eigenvalue weighted by Crippen LogP contribution is -2.11. The van der Waals surface area contributed by atoms with Gasteiger partial charge in [0.2, 0.25) is 0 Å². The Hall–Kier alpha value is -2.32. The number of nitrogens with one attached hydrogen (secondary N) is 1. The highest BCUT2D eigenvalue weighted by Crippen LogP contribution is 2.24. The molecule has 18 heavy (non-hydrogen) atoms. The summed E-state index contributed by atoms with van der Waals surface area (Å²) >= 11 is 5.84. The number of nitriles is 1. The lowest BCUT2D eigenvalue weighted by atomic mass is 10.3. The largest absolute Gasteiger partial charge is 0.329 e. The molecular weight excluding hydrogens is 250 g/mol. The van der Waals surface area contributed by atoms with E-state index in [1.54, 1.807) is 6.07 Å². The van der Waals surface area contributed by atoms with Gasteiger partial charge in [0.1, 0.15) is 18.0 Å². The van der Waals surface area contributed by atoms with Crippen LogP contribution in [0.1, 0.15) is 0 Å². The minimum absolute atomic E-state index is 0.461. The molecule has 90 valence electrons. The Morgan fingerprint density at radius 1 is 1.28 bits per heavy atom. The Bertz CT molecular complexity index is 576. The normalized spacial score (nSPS) is 9.61. The summed E-state index contributed by atoms with van der Waals surface area (Å²) in [4.78, 5) is 9.96. The van der Waals surface area contributed by atoms with Crippen molar-refractivity contribution in [2.45, 2.75) is 0 Å². The van der Waals surface area contributed by atoms with Gasteiger partial charge in [0.25, 0.3) is 0 Å². The van der Waals surface area contributed by atoms with E-state index in [0.717, 1.165) is 5.69 Å². The number of nitrogens with zero attached hydrogens (tertiary/aromatic N) is 4. The first kappa shape index (κ1) is 12.1. The number of hydrogen-bond donors (Lipinski definition) is 1. The second kappa shape index (κ2) is 5.34. The van der Waals surface area contributed by atoms with Crippen LogP contribution >= 0.6 is 11.6 Å². The summed E-state index contributed by atoms with van der Waals surface area (Å²) in [6, 6.07) is 9.09. The van der Waals surface area contributed by atoms with Gasteiger partial charge in [-0.3, -0.25) is 5.32 Å². The first-order valence-electron chi connectivity index (χ1n) is 5.17. The van der Waals surface area contributed by atoms with Crippen molar-refractivity contribution in [3.05, 3.63) is 41.7 Å². The zero-order chi connectivity index (χ0) is 13.0. The Labute approximate surface area is 110 Å². The summed E-state index contributed by atoms with van der Waals surface area (Å²) in [5.74, 6) is 1.15. The molecule has 0 fully saturated rings. The zero-order valence-electron chi connectivity index (χ0n) is 9.63. The fraction of sp³-hybridized carbons (Fsp3) is 0.0833. The molecule has 1 N–H and O–H groups in total. The maximum atomic E-state index is 8.55. The smallest absolute Gasteiger partial charge is 0.182 e. The van der Waals surface area contributed by atoms with Crippen LogP contribution in [0, 0.1) is 11.5 Å². The van der Waals surface area contributed by atoms with E-state index in [-0.39, 0.29) is 0 Å². The minimum atomic E-state index is 0.461. The van der Waals surface area contributed by atoms with Crippen molar-refractivity contribution in [2.75, 3.05) is 17.3 Å². The number of rotatable bonds is 3. The van der Waals surface area contributed by atoms with E-state index in [0.29, 0.717) is 16.7 Å². The molecule has 0 aliphatic carbocycles. The Kier molecular flexibility index (Phi) is 3.60. The minimum Gasteiger partial charge on any atom is -0.329 e. The second-order valence-electron chi connectivity index (χ2n) is 3.53. The van der Waals surface area contributed by atoms with Crippen LogP contribution in [-0.4, -0.2) is 17.0 Å². The van der Waals surface area contributed by atoms with Crippen LogP contribution in [0.5, 0.6) is 0 Å². The second-order valence-corrected chi connectivity index (χ2v) is 3.97. The fourth-order valence-corrected chi connectivity index (χ4v) is 1.58. The standard InChI is InChI=1S/C12H10ClN5/c1-18(10-4-2-9(13)3-5-10)12-6-11(15-7-14)16-8-17-12/h2-6,8H,1H3,(H,15,16,17). The molecule has 1 aromatic heterocycles. The van der Waals surface area contributed by atoms with Gasteiger partial charge in [-0.25, -0.2) is 9.97 Å². The molecule has 0 aliphatic rings. The highest BCUT2D eigenvalue weighted by molar-refractivity contribution is 6.30. The molecule has 2 aromatic rings. The predicted molar refractivity (Wildman–Crippen MR) is 70.8 cm³/mol. The molecule has 0 atom stereocenters. The van der Waals surface area contributed by atoms with Crippen LogP contribution < -0.4 is 10.2 Å². The molecule has 1 heterocycles. The number of aromatic nitrogens is 2. The molecule has 0 radical (unpaired) electrons. The Balaban J connectivity index is 2.28.